The number of nitrogens with zero attached hydrogens (tertiary/aromatic N) is 1. The van der Waals surface area contributed by atoms with Gasteiger partial charge in [0, 0.05) is 6.54 Å². The molecule has 1 amide bonds. The van der Waals surface area contributed by atoms with Crippen molar-refractivity contribution in [2.24, 2.45) is 5.92 Å². The lowest BCUT2D eigenvalue weighted by molar-refractivity contribution is 0.0948. The number of carbonyl (C=O) groups excluding carboxylic acids is 1. The number of amides is 1. The molecule has 1 aliphatic rings. The van der Waals surface area contributed by atoms with E-state index in [1.54, 1.807) is 0 Å². The Morgan fingerprint density at radius 1 is 1.38 bits per heavy atom. The minimum absolute atomic E-state index is 0.230. The highest BCUT2D eigenvalue weighted by molar-refractivity contribution is 5.95. The molecule has 1 aliphatic heterocycles. The second-order valence-corrected chi connectivity index (χ2v) is 5.46. The van der Waals surface area contributed by atoms with E-state index >= 15 is 0 Å². The fourth-order valence-electron chi connectivity index (χ4n) is 2.88. The third-order valence-corrected chi connectivity index (χ3v) is 4.09. The Morgan fingerprint density at radius 2 is 2.19 bits per heavy atom. The first-order chi connectivity index (χ1) is 10.2. The summed E-state index contributed by atoms with van der Waals surface area (Å²) >= 11 is 0. The van der Waals surface area contributed by atoms with E-state index < -0.39 is 5.56 Å². The van der Waals surface area contributed by atoms with Crippen molar-refractivity contribution in [1.29, 1.82) is 0 Å². The van der Waals surface area contributed by atoms with Gasteiger partial charge in [0.05, 0.1) is 5.69 Å². The van der Waals surface area contributed by atoms with Crippen molar-refractivity contribution < 1.29 is 4.79 Å². The van der Waals surface area contributed by atoms with Gasteiger partial charge in [-0.2, -0.15) is 5.10 Å². The van der Waals surface area contributed by atoms with E-state index in [9.17, 15) is 9.59 Å². The lowest BCUT2D eigenvalue weighted by atomic mass is 10.0. The number of nitrogens with one attached hydrogen (secondary N) is 3. The zero-order valence-corrected chi connectivity index (χ0v) is 12.8. The molecule has 6 nitrogen and oxygen atoms in total. The van der Waals surface area contributed by atoms with Crippen LogP contribution in [0.4, 0.5) is 0 Å². The van der Waals surface area contributed by atoms with Crippen molar-refractivity contribution in [3.05, 3.63) is 27.2 Å². The van der Waals surface area contributed by atoms with E-state index in [-0.39, 0.29) is 11.5 Å². The average molecular weight is 292 g/mol. The zero-order valence-electron chi connectivity index (χ0n) is 12.8. The second kappa shape index (κ2) is 7.36. The summed E-state index contributed by atoms with van der Waals surface area (Å²) in [5, 5.41) is 12.6. The molecule has 3 N–H and O–H groups in total. The van der Waals surface area contributed by atoms with Crippen LogP contribution in [0, 0.1) is 5.92 Å². The van der Waals surface area contributed by atoms with Crippen molar-refractivity contribution >= 4 is 5.91 Å². The smallest absolute Gasteiger partial charge is 0.277 e. The number of carbonyl (C=O) groups is 1. The molecule has 0 radical (unpaired) electrons. The summed E-state index contributed by atoms with van der Waals surface area (Å²) in [7, 11) is 0. The summed E-state index contributed by atoms with van der Waals surface area (Å²) in [6, 6.07) is 0. The van der Waals surface area contributed by atoms with Crippen LogP contribution in [0.2, 0.25) is 0 Å². The van der Waals surface area contributed by atoms with Gasteiger partial charge in [-0.3, -0.25) is 9.59 Å². The quantitative estimate of drug-likeness (QED) is 0.717. The van der Waals surface area contributed by atoms with Gasteiger partial charge in [0.15, 0.2) is 0 Å². The molecule has 1 fully saturated rings. The maximum absolute atomic E-state index is 12.3. The van der Waals surface area contributed by atoms with E-state index in [2.05, 4.69) is 20.8 Å². The maximum Gasteiger partial charge on any atom is 0.277 e. The molecule has 0 saturated carbocycles. The molecule has 1 aromatic heterocycles. The highest BCUT2D eigenvalue weighted by Gasteiger charge is 2.19. The fourth-order valence-corrected chi connectivity index (χ4v) is 2.88. The lowest BCUT2D eigenvalue weighted by Gasteiger charge is -2.12. The topological polar surface area (TPSA) is 86.9 Å². The Labute approximate surface area is 124 Å². The zero-order chi connectivity index (χ0) is 15.2. The summed E-state index contributed by atoms with van der Waals surface area (Å²) in [5.41, 5.74) is 1.39. The van der Waals surface area contributed by atoms with Crippen LogP contribution in [-0.4, -0.2) is 35.7 Å². The predicted octanol–water partition coefficient (Wildman–Crippen LogP) is 0.624. The van der Waals surface area contributed by atoms with E-state index in [1.807, 2.05) is 13.8 Å². The normalized spacial score (nSPS) is 17.9. The van der Waals surface area contributed by atoms with Crippen molar-refractivity contribution in [2.45, 2.75) is 39.5 Å². The van der Waals surface area contributed by atoms with Gasteiger partial charge in [-0.1, -0.05) is 13.8 Å². The fraction of sp³-hybridized carbons (Fsp3) is 0.667. The molecule has 1 saturated heterocycles. The molecule has 116 valence electrons. The van der Waals surface area contributed by atoms with Gasteiger partial charge in [0.25, 0.3) is 11.5 Å². The largest absolute Gasteiger partial charge is 0.352 e. The number of hydrogen-bond acceptors (Lipinski definition) is 4. The van der Waals surface area contributed by atoms with E-state index in [1.165, 1.54) is 0 Å². The van der Waals surface area contributed by atoms with Crippen LogP contribution >= 0.6 is 0 Å². The van der Waals surface area contributed by atoms with Crippen LogP contribution in [0.5, 0.6) is 0 Å². The van der Waals surface area contributed by atoms with Crippen LogP contribution in [0.15, 0.2) is 4.79 Å². The van der Waals surface area contributed by atoms with Gasteiger partial charge in [0.2, 0.25) is 0 Å². The van der Waals surface area contributed by atoms with Gasteiger partial charge >= 0.3 is 0 Å². The van der Waals surface area contributed by atoms with Crippen molar-refractivity contribution in [3.8, 4) is 0 Å². The van der Waals surface area contributed by atoms with Crippen LogP contribution in [-0.2, 0) is 12.8 Å². The van der Waals surface area contributed by atoms with Crippen molar-refractivity contribution in [1.82, 2.24) is 20.8 Å². The first-order valence-corrected chi connectivity index (χ1v) is 7.76. The molecule has 1 atom stereocenters. The van der Waals surface area contributed by atoms with Crippen LogP contribution in [0.25, 0.3) is 0 Å². The number of aryl methyl sites for hydroxylation is 1. The molecule has 1 aromatic rings. The SMILES string of the molecule is CCc1n[nH]c(=O)c(C(=O)NCCC2CCNC2)c1CC. The highest BCUT2D eigenvalue weighted by atomic mass is 16.2. The van der Waals surface area contributed by atoms with E-state index in [4.69, 9.17) is 0 Å². The molecule has 6 heteroatoms. The first-order valence-electron chi connectivity index (χ1n) is 7.76. The van der Waals surface area contributed by atoms with E-state index in [0.29, 0.717) is 25.3 Å². The molecular formula is C15H24N4O2. The first kappa shape index (κ1) is 15.7. The Bertz CT molecular complexity index is 547. The van der Waals surface area contributed by atoms with Crippen LogP contribution < -0.4 is 16.2 Å². The van der Waals surface area contributed by atoms with Crippen LogP contribution in [0.1, 0.15) is 48.3 Å². The molecule has 0 aromatic carbocycles. The number of H-pyrrole nitrogens is 1. The molecule has 0 spiro atoms. The van der Waals surface area contributed by atoms with Gasteiger partial charge in [-0.25, -0.2) is 5.10 Å². The average Bonchev–Trinajstić information content (AvgIpc) is 2.99. The van der Waals surface area contributed by atoms with Crippen LogP contribution in [0.3, 0.4) is 0 Å². The predicted molar refractivity (Wildman–Crippen MR) is 81.5 cm³/mol. The van der Waals surface area contributed by atoms with Crippen molar-refractivity contribution in [2.75, 3.05) is 19.6 Å². The molecule has 0 bridgehead atoms. The van der Waals surface area contributed by atoms with Gasteiger partial charge in [-0.15, -0.1) is 0 Å². The maximum atomic E-state index is 12.3. The second-order valence-electron chi connectivity index (χ2n) is 5.46. The summed E-state index contributed by atoms with van der Waals surface area (Å²) < 4.78 is 0. The Hall–Kier alpha value is -1.69. The highest BCUT2D eigenvalue weighted by Crippen LogP contribution is 2.12. The number of aromatic amines is 1. The summed E-state index contributed by atoms with van der Waals surface area (Å²) in [6.07, 6.45) is 3.44. The minimum Gasteiger partial charge on any atom is -0.352 e. The van der Waals surface area contributed by atoms with E-state index in [0.717, 1.165) is 37.2 Å². The molecule has 2 heterocycles. The monoisotopic (exact) mass is 292 g/mol. The third-order valence-electron chi connectivity index (χ3n) is 4.09. The minimum atomic E-state index is -0.399. The van der Waals surface area contributed by atoms with Gasteiger partial charge < -0.3 is 10.6 Å². The Balaban J connectivity index is 2.05. The van der Waals surface area contributed by atoms with Crippen molar-refractivity contribution in [3.63, 3.8) is 0 Å². The van der Waals surface area contributed by atoms with Gasteiger partial charge in [-0.05, 0) is 50.3 Å². The number of aromatic nitrogens is 2. The molecule has 2 rings (SSSR count). The number of rotatable bonds is 6. The lowest BCUT2D eigenvalue weighted by Crippen LogP contribution is -2.33. The Morgan fingerprint density at radius 3 is 2.81 bits per heavy atom. The summed E-state index contributed by atoms with van der Waals surface area (Å²) in [4.78, 5) is 24.3. The number of hydrogen-bond donors (Lipinski definition) is 3. The molecule has 1 unspecified atom stereocenters. The molecule has 21 heavy (non-hydrogen) atoms. The molecule has 0 aliphatic carbocycles. The standard InChI is InChI=1S/C15H24N4O2/c1-3-11-12(4-2)18-19-15(21)13(11)14(20)17-8-6-10-5-7-16-9-10/h10,16H,3-9H2,1-2H3,(H,17,20)(H,19,21). The van der Waals surface area contributed by atoms with Gasteiger partial charge in [0.1, 0.15) is 5.56 Å². The summed E-state index contributed by atoms with van der Waals surface area (Å²) in [5.74, 6) is 0.342. The molecular weight excluding hydrogens is 268 g/mol. The Kier molecular flexibility index (Phi) is 5.50. The summed E-state index contributed by atoms with van der Waals surface area (Å²) in [6.45, 7) is 6.59. The third kappa shape index (κ3) is 3.69.